The third-order valence-corrected chi connectivity index (χ3v) is 4.78. The molecule has 2 heterocycles. The number of ether oxygens (including phenoxy) is 1. The summed E-state index contributed by atoms with van der Waals surface area (Å²) < 4.78 is 5.91. The first-order chi connectivity index (χ1) is 13.9. The molecule has 1 aliphatic heterocycles. The van der Waals surface area contributed by atoms with Crippen LogP contribution >= 0.6 is 0 Å². The Morgan fingerprint density at radius 2 is 1.79 bits per heavy atom. The van der Waals surface area contributed by atoms with Crippen molar-refractivity contribution in [3.05, 3.63) is 42.6 Å². The fourth-order valence-corrected chi connectivity index (χ4v) is 3.26. The van der Waals surface area contributed by atoms with Gasteiger partial charge < -0.3 is 19.9 Å². The van der Waals surface area contributed by atoms with E-state index in [2.05, 4.69) is 15.2 Å². The Balaban J connectivity index is 1.63. The fourth-order valence-electron chi connectivity index (χ4n) is 3.26. The third-order valence-electron chi connectivity index (χ3n) is 4.78. The molecule has 1 aromatic carbocycles. The smallest absolute Gasteiger partial charge is 0.243 e. The van der Waals surface area contributed by atoms with Gasteiger partial charge in [-0.15, -0.1) is 0 Å². The lowest BCUT2D eigenvalue weighted by molar-refractivity contribution is -0.129. The molecule has 7 nitrogen and oxygen atoms in total. The minimum absolute atomic E-state index is 0.0575. The number of carbonyl (C=O) groups excluding carboxylic acids is 2. The lowest BCUT2D eigenvalue weighted by Gasteiger charge is -2.35. The van der Waals surface area contributed by atoms with Crippen LogP contribution in [0.2, 0.25) is 0 Å². The Morgan fingerprint density at radius 3 is 2.41 bits per heavy atom. The predicted molar refractivity (Wildman–Crippen MR) is 113 cm³/mol. The molecular weight excluding hydrogens is 368 g/mol. The van der Waals surface area contributed by atoms with E-state index in [1.54, 1.807) is 25.3 Å². The number of piperazine rings is 1. The van der Waals surface area contributed by atoms with Crippen LogP contribution < -0.4 is 15.0 Å². The number of rotatable bonds is 6. The number of nitrogens with one attached hydrogen (secondary N) is 1. The Morgan fingerprint density at radius 1 is 1.10 bits per heavy atom. The zero-order chi connectivity index (χ0) is 20.8. The molecule has 1 aromatic heterocycles. The van der Waals surface area contributed by atoms with E-state index in [1.807, 2.05) is 43.0 Å². The third kappa shape index (κ3) is 5.70. The predicted octanol–water partition coefficient (Wildman–Crippen LogP) is 3.53. The normalized spacial score (nSPS) is 14.1. The van der Waals surface area contributed by atoms with Crippen molar-refractivity contribution in [3.63, 3.8) is 0 Å². The number of aromatic nitrogens is 1. The van der Waals surface area contributed by atoms with Crippen molar-refractivity contribution in [3.8, 4) is 11.6 Å². The summed E-state index contributed by atoms with van der Waals surface area (Å²) in [5, 5.41) is 2.87. The van der Waals surface area contributed by atoms with Crippen molar-refractivity contribution in [2.24, 2.45) is 5.92 Å². The zero-order valence-corrected chi connectivity index (χ0v) is 17.2. The topological polar surface area (TPSA) is 74.8 Å². The van der Waals surface area contributed by atoms with Gasteiger partial charge in [0.2, 0.25) is 17.7 Å². The zero-order valence-electron chi connectivity index (χ0n) is 17.2. The van der Waals surface area contributed by atoms with Gasteiger partial charge in [-0.3, -0.25) is 9.59 Å². The molecule has 0 atom stereocenters. The molecule has 0 bridgehead atoms. The molecule has 0 saturated carbocycles. The first-order valence-corrected chi connectivity index (χ1v) is 9.95. The summed E-state index contributed by atoms with van der Waals surface area (Å²) in [7, 11) is 0. The second-order valence-corrected chi connectivity index (χ2v) is 7.59. The van der Waals surface area contributed by atoms with Crippen LogP contribution in [0.1, 0.15) is 27.2 Å². The molecule has 0 spiro atoms. The number of hydrogen-bond acceptors (Lipinski definition) is 5. The van der Waals surface area contributed by atoms with Gasteiger partial charge in [-0.2, -0.15) is 0 Å². The van der Waals surface area contributed by atoms with E-state index in [9.17, 15) is 9.59 Å². The molecule has 2 aromatic rings. The molecule has 2 amide bonds. The first kappa shape index (κ1) is 20.6. The highest BCUT2D eigenvalue weighted by molar-refractivity contribution is 5.92. The minimum Gasteiger partial charge on any atom is -0.437 e. The number of amides is 2. The molecule has 3 rings (SSSR count). The average Bonchev–Trinajstić information content (AvgIpc) is 2.69. The van der Waals surface area contributed by atoms with Gasteiger partial charge in [0.25, 0.3) is 0 Å². The van der Waals surface area contributed by atoms with Gasteiger partial charge in [0, 0.05) is 51.4 Å². The Bertz CT molecular complexity index is 843. The summed E-state index contributed by atoms with van der Waals surface area (Å²) in [6.07, 6.45) is 2.08. The maximum Gasteiger partial charge on any atom is 0.243 e. The number of nitrogens with zero attached hydrogens (tertiary/aromatic N) is 3. The molecule has 1 N–H and O–H groups in total. The maximum absolute atomic E-state index is 12.1. The molecular formula is C22H28N4O3. The van der Waals surface area contributed by atoms with E-state index in [1.165, 1.54) is 0 Å². The van der Waals surface area contributed by atoms with Crippen LogP contribution in [0.15, 0.2) is 42.6 Å². The van der Waals surface area contributed by atoms with Gasteiger partial charge in [0.15, 0.2) is 0 Å². The van der Waals surface area contributed by atoms with Gasteiger partial charge in [-0.25, -0.2) is 4.98 Å². The van der Waals surface area contributed by atoms with E-state index < -0.39 is 0 Å². The SMILES string of the molecule is CC(=O)N1CCN(c2ccc(Oc3ncccc3NC(=O)CC(C)C)cc2)CC1. The van der Waals surface area contributed by atoms with Gasteiger partial charge in [-0.1, -0.05) is 13.8 Å². The van der Waals surface area contributed by atoms with E-state index >= 15 is 0 Å². The molecule has 1 aliphatic rings. The van der Waals surface area contributed by atoms with Crippen LogP contribution in [0.25, 0.3) is 0 Å². The lowest BCUT2D eigenvalue weighted by Crippen LogP contribution is -2.48. The Labute approximate surface area is 171 Å². The van der Waals surface area contributed by atoms with Crippen LogP contribution in [0, 0.1) is 5.92 Å². The molecule has 0 aliphatic carbocycles. The summed E-state index contributed by atoms with van der Waals surface area (Å²) in [5.41, 5.74) is 1.65. The molecule has 0 unspecified atom stereocenters. The lowest BCUT2D eigenvalue weighted by atomic mass is 10.1. The van der Waals surface area contributed by atoms with Crippen molar-refractivity contribution >= 4 is 23.2 Å². The standard InChI is InChI=1S/C22H28N4O3/c1-16(2)15-21(28)24-20-5-4-10-23-22(20)29-19-8-6-18(7-9-19)26-13-11-25(12-14-26)17(3)27/h4-10,16H,11-15H2,1-3H3,(H,24,28). The molecule has 7 heteroatoms. The number of benzene rings is 1. The van der Waals surface area contributed by atoms with E-state index in [4.69, 9.17) is 4.74 Å². The van der Waals surface area contributed by atoms with Crippen molar-refractivity contribution in [1.29, 1.82) is 0 Å². The Kier molecular flexibility index (Phi) is 6.69. The summed E-state index contributed by atoms with van der Waals surface area (Å²) in [5.74, 6) is 1.36. The van der Waals surface area contributed by atoms with Crippen LogP contribution in [0.5, 0.6) is 11.6 Å². The largest absolute Gasteiger partial charge is 0.437 e. The maximum atomic E-state index is 12.1. The molecule has 29 heavy (non-hydrogen) atoms. The van der Waals surface area contributed by atoms with Crippen LogP contribution in [-0.4, -0.2) is 47.9 Å². The van der Waals surface area contributed by atoms with Gasteiger partial charge in [0.1, 0.15) is 11.4 Å². The molecule has 1 fully saturated rings. The molecule has 154 valence electrons. The summed E-state index contributed by atoms with van der Waals surface area (Å²) in [6.45, 7) is 8.71. The van der Waals surface area contributed by atoms with E-state index in [-0.39, 0.29) is 17.7 Å². The quantitative estimate of drug-likeness (QED) is 0.809. The van der Waals surface area contributed by atoms with Crippen LogP contribution in [0.3, 0.4) is 0 Å². The number of anilines is 2. The number of pyridine rings is 1. The average molecular weight is 396 g/mol. The minimum atomic E-state index is -0.0575. The highest BCUT2D eigenvalue weighted by Crippen LogP contribution is 2.29. The summed E-state index contributed by atoms with van der Waals surface area (Å²) in [6, 6.07) is 11.3. The highest BCUT2D eigenvalue weighted by atomic mass is 16.5. The summed E-state index contributed by atoms with van der Waals surface area (Å²) in [4.78, 5) is 31.9. The van der Waals surface area contributed by atoms with Crippen LogP contribution in [-0.2, 0) is 9.59 Å². The van der Waals surface area contributed by atoms with Crippen LogP contribution in [0.4, 0.5) is 11.4 Å². The first-order valence-electron chi connectivity index (χ1n) is 9.95. The Hall–Kier alpha value is -3.09. The highest BCUT2D eigenvalue weighted by Gasteiger charge is 2.19. The fraction of sp³-hybridized carbons (Fsp3) is 0.409. The molecule has 1 saturated heterocycles. The van der Waals surface area contributed by atoms with E-state index in [0.29, 0.717) is 23.7 Å². The number of hydrogen-bond donors (Lipinski definition) is 1. The van der Waals surface area contributed by atoms with Crippen molar-refractivity contribution in [1.82, 2.24) is 9.88 Å². The van der Waals surface area contributed by atoms with Gasteiger partial charge >= 0.3 is 0 Å². The number of carbonyl (C=O) groups is 2. The monoisotopic (exact) mass is 396 g/mol. The van der Waals surface area contributed by atoms with Crippen molar-refractivity contribution < 1.29 is 14.3 Å². The van der Waals surface area contributed by atoms with Gasteiger partial charge in [-0.05, 0) is 42.3 Å². The van der Waals surface area contributed by atoms with Gasteiger partial charge in [0.05, 0.1) is 0 Å². The molecule has 0 radical (unpaired) electrons. The second kappa shape index (κ2) is 9.41. The van der Waals surface area contributed by atoms with Crippen molar-refractivity contribution in [2.45, 2.75) is 27.2 Å². The van der Waals surface area contributed by atoms with Crippen molar-refractivity contribution in [2.75, 3.05) is 36.4 Å². The van der Waals surface area contributed by atoms with E-state index in [0.717, 1.165) is 31.9 Å². The second-order valence-electron chi connectivity index (χ2n) is 7.59. The summed E-state index contributed by atoms with van der Waals surface area (Å²) >= 11 is 0.